The highest BCUT2D eigenvalue weighted by Crippen LogP contribution is 2.21. The monoisotopic (exact) mass is 396 g/mol. The lowest BCUT2D eigenvalue weighted by atomic mass is 9.97. The molecular weight excluding hydrogens is 371 g/mol. The fraction of sp³-hybridized carbons (Fsp3) is 0.304. The molecule has 3 rings (SSSR count). The van der Waals surface area contributed by atoms with Gasteiger partial charge in [0.1, 0.15) is 5.82 Å². The van der Waals surface area contributed by atoms with Crippen LogP contribution in [0.4, 0.5) is 15.8 Å². The van der Waals surface area contributed by atoms with E-state index in [1.54, 1.807) is 18.2 Å². The number of benzene rings is 2. The van der Waals surface area contributed by atoms with Crippen LogP contribution < -0.4 is 10.6 Å². The van der Waals surface area contributed by atoms with Crippen LogP contribution in [0.2, 0.25) is 0 Å². The molecule has 0 aliphatic heterocycles. The van der Waals surface area contributed by atoms with Gasteiger partial charge in [0, 0.05) is 12.2 Å². The molecule has 152 valence electrons. The molecule has 1 aliphatic carbocycles. The zero-order chi connectivity index (χ0) is 20.5. The first kappa shape index (κ1) is 20.6. The molecule has 1 amide bonds. The molecule has 0 saturated carbocycles. The van der Waals surface area contributed by atoms with Gasteiger partial charge in [0.15, 0.2) is 6.61 Å². The van der Waals surface area contributed by atoms with Gasteiger partial charge in [-0.1, -0.05) is 35.9 Å². The summed E-state index contributed by atoms with van der Waals surface area (Å²) in [6.45, 7) is 0.234. The van der Waals surface area contributed by atoms with Crippen LogP contribution in [-0.4, -0.2) is 25.0 Å². The average molecular weight is 396 g/mol. The molecule has 2 aromatic carbocycles. The topological polar surface area (TPSA) is 67.4 Å². The van der Waals surface area contributed by atoms with Gasteiger partial charge in [0.25, 0.3) is 5.91 Å². The minimum atomic E-state index is -0.603. The fourth-order valence-corrected chi connectivity index (χ4v) is 3.26. The first-order valence-electron chi connectivity index (χ1n) is 9.86. The average Bonchev–Trinajstić information content (AvgIpc) is 2.75. The Balaban J connectivity index is 1.51. The molecular formula is C23H25FN2O3. The van der Waals surface area contributed by atoms with Gasteiger partial charge in [-0.05, 0) is 56.4 Å². The number of anilines is 2. The number of halogens is 1. The molecule has 0 radical (unpaired) electrons. The van der Waals surface area contributed by atoms with Crippen LogP contribution in [0.15, 0.2) is 60.2 Å². The fourth-order valence-electron chi connectivity index (χ4n) is 3.26. The number of hydrogen-bond acceptors (Lipinski definition) is 4. The lowest BCUT2D eigenvalue weighted by Crippen LogP contribution is -2.22. The lowest BCUT2D eigenvalue weighted by Gasteiger charge is -2.15. The van der Waals surface area contributed by atoms with E-state index in [1.807, 2.05) is 12.1 Å². The van der Waals surface area contributed by atoms with E-state index in [2.05, 4.69) is 16.7 Å². The number of rotatable bonds is 8. The molecule has 0 unspecified atom stereocenters. The predicted octanol–water partition coefficient (Wildman–Crippen LogP) is 4.92. The molecule has 0 atom stereocenters. The van der Waals surface area contributed by atoms with Gasteiger partial charge in [0.05, 0.1) is 11.3 Å². The Hall–Kier alpha value is -3.15. The number of carbonyl (C=O) groups is 2. The molecule has 0 saturated heterocycles. The number of amides is 1. The van der Waals surface area contributed by atoms with Crippen molar-refractivity contribution in [2.24, 2.45) is 0 Å². The molecule has 0 heterocycles. The molecule has 0 aromatic heterocycles. The van der Waals surface area contributed by atoms with Gasteiger partial charge in [-0.2, -0.15) is 0 Å². The third-order valence-electron chi connectivity index (χ3n) is 4.78. The summed E-state index contributed by atoms with van der Waals surface area (Å²) in [5.74, 6) is -1.75. The van der Waals surface area contributed by atoms with Crippen molar-refractivity contribution in [3.63, 3.8) is 0 Å². The molecule has 0 spiro atoms. The lowest BCUT2D eigenvalue weighted by molar-refractivity contribution is -0.119. The standard InChI is InChI=1S/C23H25FN2O3/c24-19-11-5-7-13-21(19)26-22(27)16-29-23(28)18-10-4-6-12-20(18)25-15-14-17-8-2-1-3-9-17/h4-8,10-13,25H,1-3,9,14-16H2,(H,26,27). The van der Waals surface area contributed by atoms with Crippen molar-refractivity contribution >= 4 is 23.3 Å². The van der Waals surface area contributed by atoms with Crippen LogP contribution in [0.3, 0.4) is 0 Å². The maximum atomic E-state index is 13.6. The van der Waals surface area contributed by atoms with Crippen molar-refractivity contribution in [2.45, 2.75) is 32.1 Å². The van der Waals surface area contributed by atoms with E-state index in [4.69, 9.17) is 4.74 Å². The van der Waals surface area contributed by atoms with E-state index in [9.17, 15) is 14.0 Å². The quantitative estimate of drug-likeness (QED) is 0.491. The van der Waals surface area contributed by atoms with Crippen LogP contribution in [0, 0.1) is 5.82 Å². The van der Waals surface area contributed by atoms with E-state index in [1.165, 1.54) is 36.6 Å². The maximum absolute atomic E-state index is 13.6. The maximum Gasteiger partial charge on any atom is 0.340 e. The van der Waals surface area contributed by atoms with Crippen LogP contribution >= 0.6 is 0 Å². The first-order chi connectivity index (χ1) is 14.1. The summed E-state index contributed by atoms with van der Waals surface area (Å²) < 4.78 is 18.7. The van der Waals surface area contributed by atoms with Gasteiger partial charge in [-0.25, -0.2) is 9.18 Å². The number of allylic oxidation sites excluding steroid dienone is 1. The molecule has 1 aliphatic rings. The van der Waals surface area contributed by atoms with E-state index < -0.39 is 24.3 Å². The van der Waals surface area contributed by atoms with Crippen LogP contribution in [-0.2, 0) is 9.53 Å². The molecule has 0 fully saturated rings. The Morgan fingerprint density at radius 2 is 1.76 bits per heavy atom. The summed E-state index contributed by atoms with van der Waals surface area (Å²) in [4.78, 5) is 24.4. The second-order valence-corrected chi connectivity index (χ2v) is 6.93. The van der Waals surface area contributed by atoms with Crippen molar-refractivity contribution in [1.82, 2.24) is 0 Å². The molecule has 2 N–H and O–H groups in total. The number of hydrogen-bond donors (Lipinski definition) is 2. The van der Waals surface area contributed by atoms with E-state index >= 15 is 0 Å². The molecule has 29 heavy (non-hydrogen) atoms. The predicted molar refractivity (Wildman–Crippen MR) is 111 cm³/mol. The summed E-state index contributed by atoms with van der Waals surface area (Å²) in [5, 5.41) is 5.67. The highest BCUT2D eigenvalue weighted by molar-refractivity contribution is 5.98. The summed E-state index contributed by atoms with van der Waals surface area (Å²) in [7, 11) is 0. The number of nitrogens with one attached hydrogen (secondary N) is 2. The highest BCUT2D eigenvalue weighted by atomic mass is 19.1. The zero-order valence-electron chi connectivity index (χ0n) is 16.2. The number of para-hydroxylation sites is 2. The minimum Gasteiger partial charge on any atom is -0.452 e. The number of carbonyl (C=O) groups excluding carboxylic acids is 2. The van der Waals surface area contributed by atoms with Crippen molar-refractivity contribution < 1.29 is 18.7 Å². The van der Waals surface area contributed by atoms with Crippen LogP contribution in [0.5, 0.6) is 0 Å². The van der Waals surface area contributed by atoms with Crippen LogP contribution in [0.1, 0.15) is 42.5 Å². The molecule has 5 nitrogen and oxygen atoms in total. The number of esters is 1. The summed E-state index contributed by atoms with van der Waals surface area (Å²) in [6, 6.07) is 12.9. The van der Waals surface area contributed by atoms with Gasteiger partial charge >= 0.3 is 5.97 Å². The normalized spacial score (nSPS) is 13.3. The minimum absolute atomic E-state index is 0.0487. The van der Waals surface area contributed by atoms with Crippen molar-refractivity contribution in [2.75, 3.05) is 23.8 Å². The van der Waals surface area contributed by atoms with Gasteiger partial charge in [-0.15, -0.1) is 0 Å². The first-order valence-corrected chi connectivity index (χ1v) is 9.86. The zero-order valence-corrected chi connectivity index (χ0v) is 16.2. The largest absolute Gasteiger partial charge is 0.452 e. The second kappa shape index (κ2) is 10.4. The number of ether oxygens (including phenoxy) is 1. The Morgan fingerprint density at radius 3 is 2.52 bits per heavy atom. The Labute approximate surface area is 170 Å². The van der Waals surface area contributed by atoms with Crippen molar-refractivity contribution in [1.29, 1.82) is 0 Å². The Bertz CT molecular complexity index is 895. The van der Waals surface area contributed by atoms with E-state index in [-0.39, 0.29) is 5.69 Å². The Morgan fingerprint density at radius 1 is 1.00 bits per heavy atom. The van der Waals surface area contributed by atoms with Crippen molar-refractivity contribution in [3.8, 4) is 0 Å². The molecule has 6 heteroatoms. The van der Waals surface area contributed by atoms with E-state index in [0.717, 1.165) is 25.8 Å². The van der Waals surface area contributed by atoms with Gasteiger partial charge in [0.2, 0.25) is 0 Å². The van der Waals surface area contributed by atoms with Crippen molar-refractivity contribution in [3.05, 3.63) is 71.6 Å². The molecule has 2 aromatic rings. The highest BCUT2D eigenvalue weighted by Gasteiger charge is 2.15. The summed E-state index contributed by atoms with van der Waals surface area (Å²) in [6.07, 6.45) is 8.03. The molecule has 0 bridgehead atoms. The Kier molecular flexibility index (Phi) is 7.39. The summed E-state index contributed by atoms with van der Waals surface area (Å²) in [5.41, 5.74) is 2.54. The van der Waals surface area contributed by atoms with E-state index in [0.29, 0.717) is 11.3 Å². The third-order valence-corrected chi connectivity index (χ3v) is 4.78. The van der Waals surface area contributed by atoms with Gasteiger partial charge in [-0.3, -0.25) is 4.79 Å². The summed E-state index contributed by atoms with van der Waals surface area (Å²) >= 11 is 0. The SMILES string of the molecule is O=C(COC(=O)c1ccccc1NCCC1=CCCCC1)Nc1ccccc1F. The smallest absolute Gasteiger partial charge is 0.340 e. The third kappa shape index (κ3) is 6.17. The van der Waals surface area contributed by atoms with Crippen LogP contribution in [0.25, 0.3) is 0 Å². The second-order valence-electron chi connectivity index (χ2n) is 6.93. The van der Waals surface area contributed by atoms with Gasteiger partial charge < -0.3 is 15.4 Å².